The van der Waals surface area contributed by atoms with E-state index in [4.69, 9.17) is 4.74 Å². The molecule has 5 nitrogen and oxygen atoms in total. The molecule has 1 saturated heterocycles. The van der Waals surface area contributed by atoms with Crippen LogP contribution in [0.25, 0.3) is 0 Å². The van der Waals surface area contributed by atoms with Crippen LogP contribution in [0.15, 0.2) is 0 Å². The largest absolute Gasteiger partial charge is 0.392 e. The number of piperidine rings is 1. The summed E-state index contributed by atoms with van der Waals surface area (Å²) in [6.07, 6.45) is 1.54. The number of nitrogens with zero attached hydrogens (tertiary/aromatic N) is 1. The van der Waals surface area contributed by atoms with E-state index in [9.17, 15) is 9.90 Å². The summed E-state index contributed by atoms with van der Waals surface area (Å²) >= 11 is 0. The Hall–Kier alpha value is -0.650. The fourth-order valence-corrected chi connectivity index (χ4v) is 1.73. The molecule has 0 aliphatic carbocycles. The second kappa shape index (κ2) is 6.76. The summed E-state index contributed by atoms with van der Waals surface area (Å²) in [5, 5.41) is 12.2. The highest BCUT2D eigenvalue weighted by atomic mass is 16.5. The first-order valence-corrected chi connectivity index (χ1v) is 5.38. The lowest BCUT2D eigenvalue weighted by Crippen LogP contribution is -2.44. The van der Waals surface area contributed by atoms with E-state index in [0.717, 1.165) is 19.4 Å². The van der Waals surface area contributed by atoms with E-state index in [1.165, 1.54) is 0 Å². The van der Waals surface area contributed by atoms with Gasteiger partial charge in [-0.25, -0.2) is 0 Å². The second-order valence-corrected chi connectivity index (χ2v) is 3.87. The Morgan fingerprint density at radius 1 is 1.67 bits per heavy atom. The topological polar surface area (TPSA) is 61.8 Å². The quantitative estimate of drug-likeness (QED) is 0.591. The molecule has 0 spiro atoms. The van der Waals surface area contributed by atoms with Gasteiger partial charge in [0.1, 0.15) is 0 Å². The van der Waals surface area contributed by atoms with Gasteiger partial charge in [0.05, 0.1) is 19.3 Å². The predicted molar refractivity (Wildman–Crippen MR) is 56.6 cm³/mol. The van der Waals surface area contributed by atoms with Crippen molar-refractivity contribution in [2.75, 3.05) is 39.9 Å². The molecule has 1 aliphatic heterocycles. The van der Waals surface area contributed by atoms with Gasteiger partial charge in [0.2, 0.25) is 5.91 Å². The first-order valence-electron chi connectivity index (χ1n) is 5.38. The SMILES string of the molecule is COCCNC(=O)CN1CCC[C@@H](O)C1. The number of aliphatic hydroxyl groups excluding tert-OH is 1. The average molecular weight is 216 g/mol. The van der Waals surface area contributed by atoms with Crippen molar-refractivity contribution in [2.24, 2.45) is 0 Å². The number of hydrogen-bond acceptors (Lipinski definition) is 4. The molecule has 5 heteroatoms. The van der Waals surface area contributed by atoms with Gasteiger partial charge in [0.25, 0.3) is 0 Å². The Labute approximate surface area is 90.4 Å². The second-order valence-electron chi connectivity index (χ2n) is 3.87. The first kappa shape index (κ1) is 12.4. The summed E-state index contributed by atoms with van der Waals surface area (Å²) in [7, 11) is 1.60. The maximum atomic E-state index is 11.4. The molecule has 88 valence electrons. The van der Waals surface area contributed by atoms with Crippen LogP contribution in [0.3, 0.4) is 0 Å². The monoisotopic (exact) mass is 216 g/mol. The van der Waals surface area contributed by atoms with Gasteiger partial charge in [-0.1, -0.05) is 0 Å². The lowest BCUT2D eigenvalue weighted by molar-refractivity contribution is -0.123. The molecule has 1 rings (SSSR count). The zero-order chi connectivity index (χ0) is 11.1. The Kier molecular flexibility index (Phi) is 5.60. The van der Waals surface area contributed by atoms with Crippen LogP contribution >= 0.6 is 0 Å². The number of carbonyl (C=O) groups excluding carboxylic acids is 1. The molecule has 15 heavy (non-hydrogen) atoms. The number of likely N-dealkylation sites (tertiary alicyclic amines) is 1. The maximum Gasteiger partial charge on any atom is 0.234 e. The van der Waals surface area contributed by atoms with Crippen LogP contribution in [0.5, 0.6) is 0 Å². The van der Waals surface area contributed by atoms with Gasteiger partial charge >= 0.3 is 0 Å². The Morgan fingerprint density at radius 3 is 3.13 bits per heavy atom. The van der Waals surface area contributed by atoms with Crippen molar-refractivity contribution in [3.05, 3.63) is 0 Å². The standard InChI is InChI=1S/C10H20N2O3/c1-15-6-4-11-10(14)8-12-5-2-3-9(13)7-12/h9,13H,2-8H2,1H3,(H,11,14)/t9-/m1/s1. The van der Waals surface area contributed by atoms with Crippen LogP contribution < -0.4 is 5.32 Å². The molecule has 2 N–H and O–H groups in total. The molecule has 1 amide bonds. The zero-order valence-electron chi connectivity index (χ0n) is 9.24. The highest BCUT2D eigenvalue weighted by molar-refractivity contribution is 5.77. The first-order chi connectivity index (χ1) is 7.22. The summed E-state index contributed by atoms with van der Waals surface area (Å²) in [4.78, 5) is 13.4. The maximum absolute atomic E-state index is 11.4. The zero-order valence-corrected chi connectivity index (χ0v) is 9.24. The highest BCUT2D eigenvalue weighted by Crippen LogP contribution is 2.08. The number of nitrogens with one attached hydrogen (secondary N) is 1. The molecule has 1 heterocycles. The van der Waals surface area contributed by atoms with Crippen LogP contribution in [0.2, 0.25) is 0 Å². The van der Waals surface area contributed by atoms with Crippen molar-refractivity contribution in [2.45, 2.75) is 18.9 Å². The summed E-state index contributed by atoms with van der Waals surface area (Å²) in [5.74, 6) is 0.00106. The molecule has 1 aliphatic rings. The minimum absolute atomic E-state index is 0.00106. The van der Waals surface area contributed by atoms with Crippen molar-refractivity contribution < 1.29 is 14.6 Å². The van der Waals surface area contributed by atoms with Crippen LogP contribution in [-0.4, -0.2) is 61.9 Å². The van der Waals surface area contributed by atoms with Crippen LogP contribution in [0.4, 0.5) is 0 Å². The molecule has 0 aromatic rings. The molecule has 1 atom stereocenters. The molecular formula is C10H20N2O3. The number of aliphatic hydroxyl groups is 1. The van der Waals surface area contributed by atoms with E-state index in [0.29, 0.717) is 26.2 Å². The van der Waals surface area contributed by atoms with Gasteiger partial charge in [-0.3, -0.25) is 9.69 Å². The molecule has 0 radical (unpaired) electrons. The van der Waals surface area contributed by atoms with Gasteiger partial charge in [0, 0.05) is 20.2 Å². The molecule has 0 unspecified atom stereocenters. The summed E-state index contributed by atoms with van der Waals surface area (Å²) in [6.45, 7) is 2.97. The van der Waals surface area contributed by atoms with Crippen molar-refractivity contribution >= 4 is 5.91 Å². The van der Waals surface area contributed by atoms with Crippen LogP contribution in [0, 0.1) is 0 Å². The van der Waals surface area contributed by atoms with E-state index in [-0.39, 0.29) is 12.0 Å². The van der Waals surface area contributed by atoms with Crippen LogP contribution in [-0.2, 0) is 9.53 Å². The fourth-order valence-electron chi connectivity index (χ4n) is 1.73. The Balaban J connectivity index is 2.13. The Morgan fingerprint density at radius 2 is 2.47 bits per heavy atom. The molecular weight excluding hydrogens is 196 g/mol. The van der Waals surface area contributed by atoms with Gasteiger partial charge < -0.3 is 15.2 Å². The van der Waals surface area contributed by atoms with Gasteiger partial charge in [-0.15, -0.1) is 0 Å². The third-order valence-electron chi connectivity index (χ3n) is 2.48. The van der Waals surface area contributed by atoms with Crippen molar-refractivity contribution in [3.8, 4) is 0 Å². The van der Waals surface area contributed by atoms with E-state index in [2.05, 4.69) is 5.32 Å². The third kappa shape index (κ3) is 5.11. The molecule has 0 saturated carbocycles. The number of methoxy groups -OCH3 is 1. The number of amides is 1. The molecule has 1 fully saturated rings. The van der Waals surface area contributed by atoms with Crippen molar-refractivity contribution in [3.63, 3.8) is 0 Å². The number of hydrogen-bond donors (Lipinski definition) is 2. The molecule has 0 bridgehead atoms. The van der Waals surface area contributed by atoms with Gasteiger partial charge in [0.15, 0.2) is 0 Å². The summed E-state index contributed by atoms with van der Waals surface area (Å²) in [5.41, 5.74) is 0. The molecule has 0 aromatic carbocycles. The fraction of sp³-hybridized carbons (Fsp3) is 0.900. The van der Waals surface area contributed by atoms with E-state index >= 15 is 0 Å². The van der Waals surface area contributed by atoms with Gasteiger partial charge in [-0.05, 0) is 19.4 Å². The third-order valence-corrected chi connectivity index (χ3v) is 2.48. The highest BCUT2D eigenvalue weighted by Gasteiger charge is 2.19. The minimum atomic E-state index is -0.273. The number of ether oxygens (including phenoxy) is 1. The van der Waals surface area contributed by atoms with E-state index in [1.807, 2.05) is 4.90 Å². The van der Waals surface area contributed by atoms with Gasteiger partial charge in [-0.2, -0.15) is 0 Å². The average Bonchev–Trinajstić information content (AvgIpc) is 2.18. The Bertz CT molecular complexity index is 199. The number of carbonyl (C=O) groups is 1. The smallest absolute Gasteiger partial charge is 0.234 e. The normalized spacial score (nSPS) is 22.7. The van der Waals surface area contributed by atoms with E-state index < -0.39 is 0 Å². The summed E-state index contributed by atoms with van der Waals surface area (Å²) in [6, 6.07) is 0. The lowest BCUT2D eigenvalue weighted by atomic mass is 10.1. The summed E-state index contributed by atoms with van der Waals surface area (Å²) < 4.78 is 4.83. The predicted octanol–water partition coefficient (Wildman–Crippen LogP) is -0.794. The lowest BCUT2D eigenvalue weighted by Gasteiger charge is -2.29. The van der Waals surface area contributed by atoms with E-state index in [1.54, 1.807) is 7.11 Å². The molecule has 0 aromatic heterocycles. The number of β-amino-alcohol motifs (C(OH)–C–C–N with tert-alkyl or cyclic N) is 1. The van der Waals surface area contributed by atoms with Crippen molar-refractivity contribution in [1.82, 2.24) is 10.2 Å². The number of rotatable bonds is 5. The minimum Gasteiger partial charge on any atom is -0.392 e. The van der Waals surface area contributed by atoms with Crippen molar-refractivity contribution in [1.29, 1.82) is 0 Å². The van der Waals surface area contributed by atoms with Crippen LogP contribution in [0.1, 0.15) is 12.8 Å².